The molecule has 1 saturated heterocycles. The number of carbonyl (C=O) groups is 1. The molecule has 5 aliphatic rings. The van der Waals surface area contributed by atoms with E-state index in [1.807, 2.05) is 12.1 Å². The molecule has 1 aliphatic heterocycles. The van der Waals surface area contributed by atoms with Crippen molar-refractivity contribution in [2.75, 3.05) is 13.2 Å². The molecule has 154 valence electrons. The van der Waals surface area contributed by atoms with Crippen LogP contribution < -0.4 is 5.32 Å². The molecule has 1 aromatic heterocycles. The number of para-hydroxylation sites is 1. The van der Waals surface area contributed by atoms with Gasteiger partial charge < -0.3 is 10.1 Å². The normalized spacial score (nSPS) is 34.0. The van der Waals surface area contributed by atoms with Crippen molar-refractivity contribution < 1.29 is 9.53 Å². The molecule has 1 aromatic carbocycles. The highest BCUT2D eigenvalue weighted by molar-refractivity contribution is 6.05. The highest BCUT2D eigenvalue weighted by atomic mass is 16.5. The molecule has 4 saturated carbocycles. The Bertz CT molecular complexity index is 886. The molecule has 0 atom stereocenters. The number of amides is 1. The zero-order valence-electron chi connectivity index (χ0n) is 17.1. The lowest BCUT2D eigenvalue weighted by molar-refractivity contribution is -0.0120. The largest absolute Gasteiger partial charge is 0.381 e. The Kier molecular flexibility index (Phi) is 4.40. The maximum absolute atomic E-state index is 13.3. The van der Waals surface area contributed by atoms with Crippen LogP contribution in [0, 0.1) is 29.6 Å². The summed E-state index contributed by atoms with van der Waals surface area (Å²) in [6, 6.07) is 8.57. The molecule has 2 aromatic rings. The smallest absolute Gasteiger partial charge is 0.272 e. The summed E-state index contributed by atoms with van der Waals surface area (Å²) in [6.45, 7) is 2.54. The third kappa shape index (κ3) is 3.18. The first-order valence-electron chi connectivity index (χ1n) is 11.6. The molecule has 5 heteroatoms. The van der Waals surface area contributed by atoms with Crippen LogP contribution in [0.4, 0.5) is 0 Å². The molecule has 0 spiro atoms. The first-order chi connectivity index (χ1) is 14.2. The molecular formula is C24H31N3O2. The number of carbonyl (C=O) groups excluding carboxylic acids is 1. The minimum Gasteiger partial charge on any atom is -0.381 e. The van der Waals surface area contributed by atoms with Gasteiger partial charge in [0, 0.05) is 31.2 Å². The Labute approximate surface area is 172 Å². The maximum Gasteiger partial charge on any atom is 0.272 e. The summed E-state index contributed by atoms with van der Waals surface area (Å²) in [5, 5.41) is 9.27. The van der Waals surface area contributed by atoms with Crippen molar-refractivity contribution in [1.29, 1.82) is 0 Å². The second-order valence-corrected chi connectivity index (χ2v) is 10.0. The van der Waals surface area contributed by atoms with Gasteiger partial charge in [-0.05, 0) is 80.6 Å². The number of nitrogens with zero attached hydrogens (tertiary/aromatic N) is 2. The van der Waals surface area contributed by atoms with E-state index >= 15 is 0 Å². The molecule has 4 bridgehead atoms. The Morgan fingerprint density at radius 2 is 1.72 bits per heavy atom. The van der Waals surface area contributed by atoms with Gasteiger partial charge >= 0.3 is 0 Å². The van der Waals surface area contributed by atoms with Crippen molar-refractivity contribution in [2.24, 2.45) is 29.6 Å². The number of ether oxygens (including phenoxy) is 1. The summed E-state index contributed by atoms with van der Waals surface area (Å²) in [6.07, 6.45) is 8.85. The zero-order chi connectivity index (χ0) is 19.4. The van der Waals surface area contributed by atoms with Gasteiger partial charge in [0.2, 0.25) is 0 Å². The van der Waals surface area contributed by atoms with Crippen molar-refractivity contribution in [3.8, 4) is 0 Å². The predicted molar refractivity (Wildman–Crippen MR) is 112 cm³/mol. The number of nitrogens with one attached hydrogen (secondary N) is 1. The quantitative estimate of drug-likeness (QED) is 0.854. The van der Waals surface area contributed by atoms with Crippen LogP contribution in [0.25, 0.3) is 10.9 Å². The molecule has 5 nitrogen and oxygen atoms in total. The van der Waals surface area contributed by atoms with E-state index < -0.39 is 0 Å². The van der Waals surface area contributed by atoms with Crippen LogP contribution in [0.15, 0.2) is 24.3 Å². The number of fused-ring (bicyclic) bond motifs is 1. The van der Waals surface area contributed by atoms with E-state index in [4.69, 9.17) is 9.84 Å². The van der Waals surface area contributed by atoms with Crippen molar-refractivity contribution in [3.63, 3.8) is 0 Å². The Morgan fingerprint density at radius 3 is 2.45 bits per heavy atom. The molecule has 5 fully saturated rings. The van der Waals surface area contributed by atoms with Crippen molar-refractivity contribution in [3.05, 3.63) is 30.0 Å². The SMILES string of the molecule is O=C(NC1C2CC3CC(C2)CC1C3)c1nn(CC2CCOCC2)c2ccccc12. The number of hydrogen-bond donors (Lipinski definition) is 1. The molecule has 1 N–H and O–H groups in total. The first kappa shape index (κ1) is 17.9. The van der Waals surface area contributed by atoms with E-state index in [1.54, 1.807) is 0 Å². The number of aromatic nitrogens is 2. The summed E-state index contributed by atoms with van der Waals surface area (Å²) in [5.74, 6) is 3.82. The van der Waals surface area contributed by atoms with Crippen LogP contribution in [0.5, 0.6) is 0 Å². The lowest BCUT2D eigenvalue weighted by Gasteiger charge is -2.54. The van der Waals surface area contributed by atoms with E-state index in [0.717, 1.165) is 55.3 Å². The third-order valence-electron chi connectivity index (χ3n) is 8.17. The van der Waals surface area contributed by atoms with Crippen molar-refractivity contribution in [2.45, 2.75) is 57.5 Å². The molecule has 2 heterocycles. The minimum absolute atomic E-state index is 0.0319. The van der Waals surface area contributed by atoms with Gasteiger partial charge in [-0.25, -0.2) is 0 Å². The molecule has 0 unspecified atom stereocenters. The van der Waals surface area contributed by atoms with E-state index in [9.17, 15) is 4.79 Å². The summed E-state index contributed by atoms with van der Waals surface area (Å²) in [7, 11) is 0. The highest BCUT2D eigenvalue weighted by Crippen LogP contribution is 2.53. The van der Waals surface area contributed by atoms with Gasteiger partial charge in [0.05, 0.1) is 5.52 Å². The zero-order valence-corrected chi connectivity index (χ0v) is 17.1. The molecule has 29 heavy (non-hydrogen) atoms. The number of rotatable bonds is 4. The van der Waals surface area contributed by atoms with Gasteiger partial charge in [0.1, 0.15) is 0 Å². The topological polar surface area (TPSA) is 56.2 Å². The van der Waals surface area contributed by atoms with Gasteiger partial charge in [-0.2, -0.15) is 5.10 Å². The van der Waals surface area contributed by atoms with Gasteiger partial charge in [0.25, 0.3) is 5.91 Å². The third-order valence-corrected chi connectivity index (χ3v) is 8.17. The van der Waals surface area contributed by atoms with E-state index in [2.05, 4.69) is 22.1 Å². The second-order valence-electron chi connectivity index (χ2n) is 10.0. The molecule has 7 rings (SSSR count). The fourth-order valence-electron chi connectivity index (χ4n) is 6.99. The lowest BCUT2D eigenvalue weighted by atomic mass is 9.54. The molecule has 1 amide bonds. The average Bonchev–Trinajstić information content (AvgIpc) is 3.10. The monoisotopic (exact) mass is 393 g/mol. The van der Waals surface area contributed by atoms with Crippen molar-refractivity contribution in [1.82, 2.24) is 15.1 Å². The minimum atomic E-state index is 0.0319. The predicted octanol–water partition coefficient (Wildman–Crippen LogP) is 4.02. The molecule has 0 radical (unpaired) electrons. The summed E-state index contributed by atoms with van der Waals surface area (Å²) < 4.78 is 7.57. The van der Waals surface area contributed by atoms with Crippen LogP contribution in [0.3, 0.4) is 0 Å². The highest BCUT2D eigenvalue weighted by Gasteiger charge is 2.48. The fraction of sp³-hybridized carbons (Fsp3) is 0.667. The average molecular weight is 394 g/mol. The van der Waals surface area contributed by atoms with E-state index in [1.165, 1.54) is 32.1 Å². The van der Waals surface area contributed by atoms with Crippen molar-refractivity contribution >= 4 is 16.8 Å². The lowest BCUT2D eigenvalue weighted by Crippen LogP contribution is -2.55. The number of benzene rings is 1. The van der Waals surface area contributed by atoms with Gasteiger partial charge in [-0.15, -0.1) is 0 Å². The van der Waals surface area contributed by atoms with Crippen LogP contribution in [0.1, 0.15) is 55.4 Å². The second kappa shape index (κ2) is 7.12. The fourth-order valence-corrected chi connectivity index (χ4v) is 6.99. The number of hydrogen-bond acceptors (Lipinski definition) is 3. The van der Waals surface area contributed by atoms with Gasteiger partial charge in [-0.1, -0.05) is 18.2 Å². The summed E-state index contributed by atoms with van der Waals surface area (Å²) >= 11 is 0. The van der Waals surface area contributed by atoms with Gasteiger partial charge in [-0.3, -0.25) is 9.48 Å². The van der Waals surface area contributed by atoms with Crippen LogP contribution in [-0.4, -0.2) is 34.9 Å². The van der Waals surface area contributed by atoms with Crippen LogP contribution in [-0.2, 0) is 11.3 Å². The summed E-state index contributed by atoms with van der Waals surface area (Å²) in [5.41, 5.74) is 1.69. The molecular weight excluding hydrogens is 362 g/mol. The van der Waals surface area contributed by atoms with E-state index in [0.29, 0.717) is 29.5 Å². The van der Waals surface area contributed by atoms with Crippen LogP contribution in [0.2, 0.25) is 0 Å². The van der Waals surface area contributed by atoms with Crippen LogP contribution >= 0.6 is 0 Å². The maximum atomic E-state index is 13.3. The first-order valence-corrected chi connectivity index (χ1v) is 11.6. The summed E-state index contributed by atoms with van der Waals surface area (Å²) in [4.78, 5) is 13.3. The Hall–Kier alpha value is -1.88. The Morgan fingerprint density at radius 1 is 1.03 bits per heavy atom. The Balaban J connectivity index is 1.25. The molecule has 4 aliphatic carbocycles. The van der Waals surface area contributed by atoms with Gasteiger partial charge in [0.15, 0.2) is 5.69 Å². The standard InChI is InChI=1S/C24H31N3O2/c28-24(25-22-18-10-16-9-17(12-18)13-19(22)11-16)23-20-3-1-2-4-21(20)27(26-23)14-15-5-7-29-8-6-15/h1-4,15-19,22H,5-14H2,(H,25,28). The van der Waals surface area contributed by atoms with E-state index in [-0.39, 0.29) is 5.91 Å².